The summed E-state index contributed by atoms with van der Waals surface area (Å²) >= 11 is 5.84. The van der Waals surface area contributed by atoms with Crippen molar-refractivity contribution >= 4 is 35.6 Å². The van der Waals surface area contributed by atoms with Crippen molar-refractivity contribution in [3.8, 4) is 0 Å². The number of carbonyl (C=O) groups is 1. The molecular formula is C19H22Cl2N2O. The minimum atomic E-state index is -0.119. The van der Waals surface area contributed by atoms with E-state index in [0.29, 0.717) is 10.6 Å². The Morgan fingerprint density at radius 2 is 1.83 bits per heavy atom. The van der Waals surface area contributed by atoms with Gasteiger partial charge in [-0.25, -0.2) is 0 Å². The minimum absolute atomic E-state index is 0. The molecular weight excluding hydrogens is 343 g/mol. The Kier molecular flexibility index (Phi) is 7.10. The molecule has 3 nitrogen and oxygen atoms in total. The highest BCUT2D eigenvalue weighted by atomic mass is 35.5. The SMILES string of the molecule is Cl.O=C(Nc1ccc(CC[C@@H]2CCNC2)cc1)c1ccc(Cl)cc1. The number of anilines is 1. The Morgan fingerprint density at radius 3 is 2.46 bits per heavy atom. The molecule has 2 aromatic carbocycles. The van der Waals surface area contributed by atoms with Gasteiger partial charge in [-0.3, -0.25) is 4.79 Å². The maximum absolute atomic E-state index is 12.1. The van der Waals surface area contributed by atoms with Gasteiger partial charge in [0.15, 0.2) is 0 Å². The summed E-state index contributed by atoms with van der Waals surface area (Å²) in [7, 11) is 0. The predicted octanol–water partition coefficient (Wildman–Crippen LogP) is 4.56. The molecule has 2 aromatic rings. The molecule has 0 radical (unpaired) electrons. The quantitative estimate of drug-likeness (QED) is 0.816. The van der Waals surface area contributed by atoms with Gasteiger partial charge in [0.2, 0.25) is 0 Å². The lowest BCUT2D eigenvalue weighted by Gasteiger charge is -2.09. The van der Waals surface area contributed by atoms with E-state index >= 15 is 0 Å². The van der Waals surface area contributed by atoms with Gasteiger partial charge >= 0.3 is 0 Å². The second-order valence-electron chi connectivity index (χ2n) is 6.06. The third-order valence-electron chi connectivity index (χ3n) is 4.32. The lowest BCUT2D eigenvalue weighted by atomic mass is 9.99. The first-order chi connectivity index (χ1) is 11.2. The number of aryl methyl sites for hydroxylation is 1. The van der Waals surface area contributed by atoms with E-state index in [-0.39, 0.29) is 18.3 Å². The second kappa shape index (κ2) is 9.07. The third kappa shape index (κ3) is 5.23. The molecule has 1 atom stereocenters. The normalized spacial score (nSPS) is 16.5. The highest BCUT2D eigenvalue weighted by Crippen LogP contribution is 2.18. The molecule has 5 heteroatoms. The summed E-state index contributed by atoms with van der Waals surface area (Å²) in [6.07, 6.45) is 3.61. The smallest absolute Gasteiger partial charge is 0.255 e. The zero-order chi connectivity index (χ0) is 16.1. The Balaban J connectivity index is 0.00000208. The van der Waals surface area contributed by atoms with Crippen molar-refractivity contribution < 1.29 is 4.79 Å². The summed E-state index contributed by atoms with van der Waals surface area (Å²) < 4.78 is 0. The summed E-state index contributed by atoms with van der Waals surface area (Å²) in [4.78, 5) is 12.1. The van der Waals surface area contributed by atoms with Crippen molar-refractivity contribution in [3.05, 3.63) is 64.7 Å². The number of hydrogen-bond acceptors (Lipinski definition) is 2. The largest absolute Gasteiger partial charge is 0.322 e. The van der Waals surface area contributed by atoms with E-state index in [1.165, 1.54) is 18.4 Å². The molecule has 0 saturated carbocycles. The fraction of sp³-hybridized carbons (Fsp3) is 0.316. The van der Waals surface area contributed by atoms with Crippen LogP contribution < -0.4 is 10.6 Å². The van der Waals surface area contributed by atoms with E-state index in [1.54, 1.807) is 24.3 Å². The number of hydrogen-bond donors (Lipinski definition) is 2. The molecule has 1 saturated heterocycles. The summed E-state index contributed by atoms with van der Waals surface area (Å²) in [5, 5.41) is 6.94. The van der Waals surface area contributed by atoms with Gasteiger partial charge in [0.25, 0.3) is 5.91 Å². The highest BCUT2D eigenvalue weighted by molar-refractivity contribution is 6.30. The van der Waals surface area contributed by atoms with Crippen molar-refractivity contribution in [2.24, 2.45) is 5.92 Å². The first-order valence-electron chi connectivity index (χ1n) is 8.07. The summed E-state index contributed by atoms with van der Waals surface area (Å²) in [5.74, 6) is 0.686. The summed E-state index contributed by atoms with van der Waals surface area (Å²) in [6.45, 7) is 2.30. The van der Waals surface area contributed by atoms with Crippen LogP contribution in [0.4, 0.5) is 5.69 Å². The van der Waals surface area contributed by atoms with Crippen LogP contribution in [-0.4, -0.2) is 19.0 Å². The molecule has 1 heterocycles. The molecule has 2 N–H and O–H groups in total. The Hall–Kier alpha value is -1.55. The number of rotatable bonds is 5. The molecule has 1 aliphatic heterocycles. The molecule has 3 rings (SSSR count). The lowest BCUT2D eigenvalue weighted by molar-refractivity contribution is 0.102. The van der Waals surface area contributed by atoms with Gasteiger partial charge in [-0.05, 0) is 80.2 Å². The fourth-order valence-corrected chi connectivity index (χ4v) is 3.02. The van der Waals surface area contributed by atoms with Crippen molar-refractivity contribution in [1.29, 1.82) is 0 Å². The van der Waals surface area contributed by atoms with E-state index in [9.17, 15) is 4.79 Å². The maximum atomic E-state index is 12.1. The van der Waals surface area contributed by atoms with Gasteiger partial charge in [0, 0.05) is 16.3 Å². The minimum Gasteiger partial charge on any atom is -0.322 e. The van der Waals surface area contributed by atoms with Crippen LogP contribution in [0.1, 0.15) is 28.8 Å². The summed E-state index contributed by atoms with van der Waals surface area (Å²) in [5.41, 5.74) is 2.74. The van der Waals surface area contributed by atoms with Gasteiger partial charge in [-0.1, -0.05) is 23.7 Å². The molecule has 0 aliphatic carbocycles. The molecule has 1 aliphatic rings. The number of benzene rings is 2. The van der Waals surface area contributed by atoms with Crippen LogP contribution in [0.25, 0.3) is 0 Å². The first-order valence-corrected chi connectivity index (χ1v) is 8.45. The monoisotopic (exact) mass is 364 g/mol. The van der Waals surface area contributed by atoms with Gasteiger partial charge in [-0.2, -0.15) is 0 Å². The van der Waals surface area contributed by atoms with Gasteiger partial charge < -0.3 is 10.6 Å². The first kappa shape index (κ1) is 18.8. The second-order valence-corrected chi connectivity index (χ2v) is 6.49. The van der Waals surface area contributed by atoms with E-state index < -0.39 is 0 Å². The van der Waals surface area contributed by atoms with Gasteiger partial charge in [-0.15, -0.1) is 12.4 Å². The van der Waals surface area contributed by atoms with Gasteiger partial charge in [0.1, 0.15) is 0 Å². The Morgan fingerprint density at radius 1 is 1.12 bits per heavy atom. The van der Waals surface area contributed by atoms with Crippen LogP contribution in [0, 0.1) is 5.92 Å². The number of amides is 1. The Bertz CT molecular complexity index is 650. The van der Waals surface area contributed by atoms with Crippen LogP contribution >= 0.6 is 24.0 Å². The van der Waals surface area contributed by atoms with Crippen molar-refractivity contribution in [2.45, 2.75) is 19.3 Å². The van der Waals surface area contributed by atoms with Gasteiger partial charge in [0.05, 0.1) is 0 Å². The third-order valence-corrected chi connectivity index (χ3v) is 4.57. The van der Waals surface area contributed by atoms with Crippen molar-refractivity contribution in [1.82, 2.24) is 5.32 Å². The molecule has 128 valence electrons. The van der Waals surface area contributed by atoms with E-state index in [0.717, 1.165) is 31.1 Å². The summed E-state index contributed by atoms with van der Waals surface area (Å²) in [6, 6.07) is 15.0. The highest BCUT2D eigenvalue weighted by Gasteiger charge is 2.13. The maximum Gasteiger partial charge on any atom is 0.255 e. The fourth-order valence-electron chi connectivity index (χ4n) is 2.89. The van der Waals surface area contributed by atoms with E-state index in [2.05, 4.69) is 22.8 Å². The van der Waals surface area contributed by atoms with E-state index in [4.69, 9.17) is 11.6 Å². The molecule has 1 amide bonds. The number of halogens is 2. The van der Waals surface area contributed by atoms with E-state index in [1.807, 2.05) is 12.1 Å². The average molecular weight is 365 g/mol. The number of nitrogens with one attached hydrogen (secondary N) is 2. The molecule has 0 aromatic heterocycles. The average Bonchev–Trinajstić information content (AvgIpc) is 3.08. The molecule has 1 fully saturated rings. The number of carbonyl (C=O) groups excluding carboxylic acids is 1. The van der Waals surface area contributed by atoms with Crippen LogP contribution in [0.5, 0.6) is 0 Å². The zero-order valence-electron chi connectivity index (χ0n) is 13.4. The predicted molar refractivity (Wildman–Crippen MR) is 102 cm³/mol. The Labute approximate surface area is 154 Å². The zero-order valence-corrected chi connectivity index (χ0v) is 15.0. The van der Waals surface area contributed by atoms with Crippen LogP contribution in [0.15, 0.2) is 48.5 Å². The van der Waals surface area contributed by atoms with Crippen LogP contribution in [0.2, 0.25) is 5.02 Å². The molecule has 24 heavy (non-hydrogen) atoms. The standard InChI is InChI=1S/C19H21ClN2O.ClH/c20-17-7-5-16(6-8-17)19(23)22-18-9-3-14(4-10-18)1-2-15-11-12-21-13-15;/h3-10,15,21H,1-2,11-13H2,(H,22,23);1H/t15-;/m1./s1. The van der Waals surface area contributed by atoms with Crippen molar-refractivity contribution in [2.75, 3.05) is 18.4 Å². The topological polar surface area (TPSA) is 41.1 Å². The van der Waals surface area contributed by atoms with Crippen LogP contribution in [-0.2, 0) is 6.42 Å². The lowest BCUT2D eigenvalue weighted by Crippen LogP contribution is -2.11. The van der Waals surface area contributed by atoms with Crippen molar-refractivity contribution in [3.63, 3.8) is 0 Å². The van der Waals surface area contributed by atoms with Crippen LogP contribution in [0.3, 0.4) is 0 Å². The molecule has 0 spiro atoms. The molecule has 0 bridgehead atoms. The molecule has 0 unspecified atom stereocenters.